The zero-order valence-corrected chi connectivity index (χ0v) is 33.6. The van der Waals surface area contributed by atoms with Crippen LogP contribution >= 0.6 is 11.6 Å². The molecule has 8 aromatic rings. The number of rotatable bonds is 8. The number of pyridine rings is 2. The number of methoxy groups -OCH3 is 1. The maximum Gasteiger partial charge on any atom is 0.330 e. The Morgan fingerprint density at radius 1 is 0.610 bits per heavy atom. The van der Waals surface area contributed by atoms with Crippen molar-refractivity contribution in [2.45, 2.75) is 49.6 Å². The van der Waals surface area contributed by atoms with E-state index in [9.17, 15) is 4.79 Å². The van der Waals surface area contributed by atoms with Gasteiger partial charge in [0.15, 0.2) is 0 Å². The van der Waals surface area contributed by atoms with E-state index in [0.717, 1.165) is 87.6 Å². The zero-order valence-electron chi connectivity index (χ0n) is 32.9. The van der Waals surface area contributed by atoms with E-state index in [0.29, 0.717) is 5.02 Å². The molecular formula is C50H45ClN6O2. The number of carbonyl (C=O) groups excluding carboxylic acids is 1. The van der Waals surface area contributed by atoms with E-state index in [1.54, 1.807) is 6.08 Å². The average Bonchev–Trinajstić information content (AvgIpc) is 3.83. The number of carbonyl (C=O) groups is 1. The molecule has 4 N–H and O–H groups in total. The number of hydrogen-bond donors (Lipinski definition) is 2. The minimum Gasteiger partial charge on any atom is -0.466 e. The van der Waals surface area contributed by atoms with Crippen molar-refractivity contribution in [3.05, 3.63) is 174 Å². The minimum absolute atomic E-state index is 0.146. The van der Waals surface area contributed by atoms with Crippen LogP contribution in [0.5, 0.6) is 0 Å². The summed E-state index contributed by atoms with van der Waals surface area (Å²) in [6.07, 6.45) is 13.7. The molecule has 0 spiro atoms. The first kappa shape index (κ1) is 38.2. The van der Waals surface area contributed by atoms with Gasteiger partial charge in [0.05, 0.1) is 34.9 Å². The molecule has 9 heteroatoms. The monoisotopic (exact) mass is 796 g/mol. The van der Waals surface area contributed by atoms with Crippen LogP contribution in [0.25, 0.3) is 62.4 Å². The largest absolute Gasteiger partial charge is 0.466 e. The third-order valence-electron chi connectivity index (χ3n) is 11.9. The Hall–Kier alpha value is -6.32. The summed E-state index contributed by atoms with van der Waals surface area (Å²) in [5, 5.41) is 0.689. The van der Waals surface area contributed by atoms with Gasteiger partial charge in [-0.05, 0) is 85.6 Å². The summed E-state index contributed by atoms with van der Waals surface area (Å²) in [5.74, 6) is -0.385. The predicted octanol–water partition coefficient (Wildman–Crippen LogP) is 10.9. The quantitative estimate of drug-likeness (QED) is 0.117. The Kier molecular flexibility index (Phi) is 10.2. The molecule has 0 radical (unpaired) electrons. The Morgan fingerprint density at radius 3 is 1.51 bits per heavy atom. The van der Waals surface area contributed by atoms with Gasteiger partial charge >= 0.3 is 5.97 Å². The fraction of sp³-hybridized carbons (Fsp3) is 0.180. The molecule has 2 aliphatic carbocycles. The van der Waals surface area contributed by atoms with E-state index < -0.39 is 0 Å². The van der Waals surface area contributed by atoms with Gasteiger partial charge < -0.3 is 16.2 Å². The number of imidazole rings is 2. The molecule has 2 aliphatic rings. The first-order valence-electron chi connectivity index (χ1n) is 20.1. The highest BCUT2D eigenvalue weighted by Crippen LogP contribution is 2.42. The molecule has 0 bridgehead atoms. The number of benzene rings is 4. The van der Waals surface area contributed by atoms with Crippen molar-refractivity contribution >= 4 is 34.9 Å². The molecule has 4 aromatic heterocycles. The third kappa shape index (κ3) is 7.47. The maximum atomic E-state index is 11.5. The van der Waals surface area contributed by atoms with Gasteiger partial charge in [0, 0.05) is 51.8 Å². The van der Waals surface area contributed by atoms with E-state index in [4.69, 9.17) is 37.8 Å². The molecule has 2 saturated carbocycles. The number of halogens is 1. The molecule has 10 rings (SSSR count). The molecule has 0 amide bonds. The summed E-state index contributed by atoms with van der Waals surface area (Å²) < 4.78 is 8.85. The van der Waals surface area contributed by atoms with Crippen LogP contribution in [-0.4, -0.2) is 31.8 Å². The van der Waals surface area contributed by atoms with Crippen molar-refractivity contribution in [2.24, 2.45) is 11.5 Å². The SMILES string of the molecule is COC(=O)/C=C/c1ccc2nc(-c3ccc(C4(N)CCC4)cc3)c(-c3ccccc3)n2c1.NC1(c2ccc(-c3nc4ccc(Cl)cn4c3-c3ccccc3)cc2)CCC1. The van der Waals surface area contributed by atoms with E-state index in [1.165, 1.54) is 37.2 Å². The highest BCUT2D eigenvalue weighted by Gasteiger charge is 2.35. The fourth-order valence-corrected chi connectivity index (χ4v) is 8.33. The van der Waals surface area contributed by atoms with Gasteiger partial charge in [0.1, 0.15) is 11.3 Å². The minimum atomic E-state index is -0.385. The smallest absolute Gasteiger partial charge is 0.330 e. The molecular weight excluding hydrogens is 752 g/mol. The van der Waals surface area contributed by atoms with Crippen LogP contribution in [0.2, 0.25) is 5.02 Å². The Balaban J connectivity index is 0.000000154. The van der Waals surface area contributed by atoms with E-state index in [2.05, 4.69) is 81.6 Å². The lowest BCUT2D eigenvalue weighted by molar-refractivity contribution is -0.134. The molecule has 0 saturated heterocycles. The number of fused-ring (bicyclic) bond motifs is 2. The van der Waals surface area contributed by atoms with Crippen molar-refractivity contribution in [1.29, 1.82) is 0 Å². The second-order valence-corrected chi connectivity index (χ2v) is 16.1. The Morgan fingerprint density at radius 2 is 1.07 bits per heavy atom. The third-order valence-corrected chi connectivity index (χ3v) is 12.1. The van der Waals surface area contributed by atoms with Crippen LogP contribution in [0.3, 0.4) is 0 Å². The summed E-state index contributed by atoms with van der Waals surface area (Å²) in [5.41, 5.74) is 25.9. The standard InChI is InChI=1S/C27H25N3O2.C23H20ClN3/c1-32-24(31)15-9-19-8-14-23-29-25(26(30(23)18-19)21-6-3-2-4-7-21)20-10-12-22(13-11-20)27(28)16-5-17-27;24-19-11-12-20-26-21(22(27(20)15-19)17-5-2-1-3-6-17)16-7-9-18(10-8-16)23(25)13-4-14-23/h2-4,6-15,18H,5,16-17,28H2,1H3;1-3,5-12,15H,4,13-14,25H2/b15-9+;. The molecule has 4 aromatic carbocycles. The van der Waals surface area contributed by atoms with Crippen LogP contribution in [0.1, 0.15) is 55.2 Å². The zero-order chi connectivity index (χ0) is 40.6. The lowest BCUT2D eigenvalue weighted by Crippen LogP contribution is -2.43. The van der Waals surface area contributed by atoms with Gasteiger partial charge in [-0.3, -0.25) is 8.80 Å². The first-order chi connectivity index (χ1) is 28.7. The number of esters is 1. The van der Waals surface area contributed by atoms with Gasteiger partial charge in [0.25, 0.3) is 0 Å². The van der Waals surface area contributed by atoms with E-state index in [1.807, 2.05) is 73.1 Å². The summed E-state index contributed by atoms with van der Waals surface area (Å²) in [7, 11) is 1.37. The van der Waals surface area contributed by atoms with E-state index in [-0.39, 0.29) is 17.0 Å². The van der Waals surface area contributed by atoms with Crippen LogP contribution in [-0.2, 0) is 20.6 Å². The Labute approximate surface area is 348 Å². The number of ether oxygens (including phenoxy) is 1. The van der Waals surface area contributed by atoms with Crippen molar-refractivity contribution in [3.63, 3.8) is 0 Å². The van der Waals surface area contributed by atoms with Gasteiger partial charge in [-0.15, -0.1) is 0 Å². The molecule has 0 atom stereocenters. The lowest BCUT2D eigenvalue weighted by atomic mass is 9.72. The summed E-state index contributed by atoms with van der Waals surface area (Å²) in [4.78, 5) is 21.4. The second kappa shape index (κ2) is 15.8. The maximum absolute atomic E-state index is 11.5. The van der Waals surface area contributed by atoms with Crippen molar-refractivity contribution < 1.29 is 9.53 Å². The normalized spacial score (nSPS) is 15.3. The van der Waals surface area contributed by atoms with Crippen LogP contribution in [0, 0.1) is 0 Å². The number of nitrogens with two attached hydrogens (primary N) is 2. The van der Waals surface area contributed by atoms with Gasteiger partial charge in [0.2, 0.25) is 0 Å². The number of aromatic nitrogens is 4. The highest BCUT2D eigenvalue weighted by molar-refractivity contribution is 6.30. The van der Waals surface area contributed by atoms with Crippen molar-refractivity contribution in [3.8, 4) is 45.0 Å². The number of hydrogen-bond acceptors (Lipinski definition) is 6. The molecule has 8 nitrogen and oxygen atoms in total. The van der Waals surface area contributed by atoms with E-state index >= 15 is 0 Å². The molecule has 4 heterocycles. The summed E-state index contributed by atoms with van der Waals surface area (Å²) in [6.45, 7) is 0. The fourth-order valence-electron chi connectivity index (χ4n) is 8.17. The summed E-state index contributed by atoms with van der Waals surface area (Å²) >= 11 is 6.26. The van der Waals surface area contributed by atoms with Gasteiger partial charge in [-0.1, -0.05) is 121 Å². The number of nitrogens with zero attached hydrogens (tertiary/aromatic N) is 4. The molecule has 0 aliphatic heterocycles. The summed E-state index contributed by atoms with van der Waals surface area (Å²) in [6, 6.07) is 45.4. The predicted molar refractivity (Wildman–Crippen MR) is 238 cm³/mol. The van der Waals surface area contributed by atoms with Crippen molar-refractivity contribution in [2.75, 3.05) is 7.11 Å². The molecule has 59 heavy (non-hydrogen) atoms. The Bertz CT molecular complexity index is 2800. The van der Waals surface area contributed by atoms with Crippen LogP contribution < -0.4 is 11.5 Å². The first-order valence-corrected chi connectivity index (χ1v) is 20.5. The molecule has 2 fully saturated rings. The van der Waals surface area contributed by atoms with Crippen LogP contribution in [0.15, 0.2) is 152 Å². The van der Waals surface area contributed by atoms with Gasteiger partial charge in [-0.25, -0.2) is 14.8 Å². The van der Waals surface area contributed by atoms with Crippen LogP contribution in [0.4, 0.5) is 0 Å². The topological polar surface area (TPSA) is 113 Å². The average molecular weight is 797 g/mol. The van der Waals surface area contributed by atoms with Crippen molar-refractivity contribution in [1.82, 2.24) is 18.8 Å². The highest BCUT2D eigenvalue weighted by atomic mass is 35.5. The van der Waals surface area contributed by atoms with Gasteiger partial charge in [-0.2, -0.15) is 0 Å². The lowest BCUT2D eigenvalue weighted by Gasteiger charge is -2.38. The molecule has 0 unspecified atom stereocenters. The molecule has 294 valence electrons. The second-order valence-electron chi connectivity index (χ2n) is 15.6.